The highest BCUT2D eigenvalue weighted by molar-refractivity contribution is 5.78. The molecule has 0 spiro atoms. The zero-order chi connectivity index (χ0) is 12.3. The molecular weight excluding hydrogens is 218 g/mol. The summed E-state index contributed by atoms with van der Waals surface area (Å²) in [6.45, 7) is 3.50. The van der Waals surface area contributed by atoms with Gasteiger partial charge in [-0.2, -0.15) is 0 Å². The van der Waals surface area contributed by atoms with Gasteiger partial charge in [0.15, 0.2) is 0 Å². The maximum Gasteiger partial charge on any atom is 0.248 e. The second-order valence-corrected chi connectivity index (χ2v) is 5.10. The van der Waals surface area contributed by atoms with Crippen LogP contribution >= 0.6 is 0 Å². The Morgan fingerprint density at radius 2 is 2.18 bits per heavy atom. The quantitative estimate of drug-likeness (QED) is 0.804. The molecule has 4 heteroatoms. The summed E-state index contributed by atoms with van der Waals surface area (Å²) < 4.78 is 5.19. The Bertz CT molecular complexity index is 269. The Balaban J connectivity index is 1.94. The summed E-state index contributed by atoms with van der Waals surface area (Å²) in [5.41, 5.74) is 0. The molecule has 17 heavy (non-hydrogen) atoms. The van der Waals surface area contributed by atoms with Crippen LogP contribution in [0.2, 0.25) is 0 Å². The molecule has 2 fully saturated rings. The van der Waals surface area contributed by atoms with E-state index in [1.54, 1.807) is 0 Å². The second kappa shape index (κ2) is 5.83. The molecule has 1 amide bonds. The van der Waals surface area contributed by atoms with Gasteiger partial charge in [0.2, 0.25) is 5.91 Å². The third-order valence-corrected chi connectivity index (χ3v) is 4.08. The van der Waals surface area contributed by atoms with Crippen LogP contribution in [0.1, 0.15) is 39.0 Å². The van der Waals surface area contributed by atoms with Gasteiger partial charge in [0, 0.05) is 25.1 Å². The molecule has 3 atom stereocenters. The minimum absolute atomic E-state index is 0.0912. The first-order chi connectivity index (χ1) is 8.24. The van der Waals surface area contributed by atoms with Gasteiger partial charge in [0.05, 0.1) is 6.10 Å². The Labute approximate surface area is 103 Å². The van der Waals surface area contributed by atoms with Gasteiger partial charge in [-0.25, -0.2) is 0 Å². The van der Waals surface area contributed by atoms with Crippen molar-refractivity contribution in [2.75, 3.05) is 19.8 Å². The molecule has 0 bridgehead atoms. The van der Waals surface area contributed by atoms with Crippen LogP contribution < -0.4 is 0 Å². The van der Waals surface area contributed by atoms with Gasteiger partial charge in [0.1, 0.15) is 6.61 Å². The first-order valence-electron chi connectivity index (χ1n) is 6.79. The molecule has 1 aliphatic heterocycles. The van der Waals surface area contributed by atoms with Crippen molar-refractivity contribution in [1.82, 2.24) is 4.90 Å². The number of carbonyl (C=O) groups is 1. The molecule has 98 valence electrons. The number of ether oxygens (including phenoxy) is 1. The molecule has 3 unspecified atom stereocenters. The number of amides is 1. The molecule has 4 nitrogen and oxygen atoms in total. The van der Waals surface area contributed by atoms with Crippen molar-refractivity contribution in [3.05, 3.63) is 0 Å². The van der Waals surface area contributed by atoms with Gasteiger partial charge in [-0.05, 0) is 32.6 Å². The van der Waals surface area contributed by atoms with E-state index in [1.165, 1.54) is 0 Å². The minimum atomic E-state index is -0.208. The van der Waals surface area contributed by atoms with Crippen LogP contribution in [-0.4, -0.2) is 47.8 Å². The molecular formula is C13H23NO3. The molecule has 1 heterocycles. The normalized spacial score (nSPS) is 33.3. The number of hydrogen-bond acceptors (Lipinski definition) is 3. The van der Waals surface area contributed by atoms with E-state index in [9.17, 15) is 9.90 Å². The SMILES string of the molecule is CCOCC(=O)N1CCCC1C1CCCC1O. The van der Waals surface area contributed by atoms with Gasteiger partial charge in [-0.15, -0.1) is 0 Å². The van der Waals surface area contributed by atoms with Crippen LogP contribution in [-0.2, 0) is 9.53 Å². The lowest BCUT2D eigenvalue weighted by Crippen LogP contribution is -2.44. The van der Waals surface area contributed by atoms with Crippen molar-refractivity contribution in [3.63, 3.8) is 0 Å². The van der Waals surface area contributed by atoms with E-state index in [2.05, 4.69) is 0 Å². The van der Waals surface area contributed by atoms with Crippen LogP contribution in [0.25, 0.3) is 0 Å². The average molecular weight is 241 g/mol. The number of aliphatic hydroxyl groups is 1. The van der Waals surface area contributed by atoms with Crippen LogP contribution in [0.5, 0.6) is 0 Å². The molecule has 0 aromatic heterocycles. The summed E-state index contributed by atoms with van der Waals surface area (Å²) in [6.07, 6.45) is 4.94. The highest BCUT2D eigenvalue weighted by Gasteiger charge is 2.39. The molecule has 1 saturated heterocycles. The first-order valence-corrected chi connectivity index (χ1v) is 6.79. The second-order valence-electron chi connectivity index (χ2n) is 5.10. The fourth-order valence-corrected chi connectivity index (χ4v) is 3.24. The number of likely N-dealkylation sites (tertiary alicyclic amines) is 1. The Hall–Kier alpha value is -0.610. The molecule has 2 rings (SSSR count). The van der Waals surface area contributed by atoms with Crippen LogP contribution in [0.15, 0.2) is 0 Å². The molecule has 1 aliphatic carbocycles. The molecule has 0 aromatic carbocycles. The number of aliphatic hydroxyl groups excluding tert-OH is 1. The van der Waals surface area contributed by atoms with Gasteiger partial charge in [-0.1, -0.05) is 6.42 Å². The third-order valence-electron chi connectivity index (χ3n) is 4.08. The van der Waals surface area contributed by atoms with Crippen LogP contribution in [0.3, 0.4) is 0 Å². The standard InChI is InChI=1S/C13H23NO3/c1-2-17-9-13(16)14-8-4-6-11(14)10-5-3-7-12(10)15/h10-12,15H,2-9H2,1H3. The topological polar surface area (TPSA) is 49.8 Å². The molecule has 0 radical (unpaired) electrons. The van der Waals surface area contributed by atoms with Crippen molar-refractivity contribution in [1.29, 1.82) is 0 Å². The fourth-order valence-electron chi connectivity index (χ4n) is 3.24. The van der Waals surface area contributed by atoms with E-state index in [0.29, 0.717) is 12.5 Å². The van der Waals surface area contributed by atoms with Crippen LogP contribution in [0, 0.1) is 5.92 Å². The Kier molecular flexibility index (Phi) is 4.40. The Morgan fingerprint density at radius 1 is 1.35 bits per heavy atom. The summed E-state index contributed by atoms with van der Waals surface area (Å²) in [4.78, 5) is 13.9. The monoisotopic (exact) mass is 241 g/mol. The van der Waals surface area contributed by atoms with E-state index in [-0.39, 0.29) is 24.7 Å². The minimum Gasteiger partial charge on any atom is -0.393 e. The number of nitrogens with zero attached hydrogens (tertiary/aromatic N) is 1. The molecule has 1 N–H and O–H groups in total. The summed E-state index contributed by atoms with van der Waals surface area (Å²) in [6, 6.07) is 0.250. The lowest BCUT2D eigenvalue weighted by Gasteiger charge is -2.31. The van der Waals surface area contributed by atoms with Crippen molar-refractivity contribution in [3.8, 4) is 0 Å². The molecule has 1 saturated carbocycles. The maximum absolute atomic E-state index is 12.0. The van der Waals surface area contributed by atoms with Crippen molar-refractivity contribution in [2.45, 2.75) is 51.2 Å². The van der Waals surface area contributed by atoms with E-state index < -0.39 is 0 Å². The lowest BCUT2D eigenvalue weighted by atomic mass is 9.94. The van der Waals surface area contributed by atoms with E-state index in [4.69, 9.17) is 4.74 Å². The van der Waals surface area contributed by atoms with E-state index >= 15 is 0 Å². The number of hydrogen-bond donors (Lipinski definition) is 1. The first kappa shape index (κ1) is 12.8. The fraction of sp³-hybridized carbons (Fsp3) is 0.923. The van der Waals surface area contributed by atoms with Gasteiger partial charge in [-0.3, -0.25) is 4.79 Å². The summed E-state index contributed by atoms with van der Waals surface area (Å²) in [5.74, 6) is 0.386. The number of rotatable bonds is 4. The zero-order valence-corrected chi connectivity index (χ0v) is 10.6. The molecule has 2 aliphatic rings. The van der Waals surface area contributed by atoms with Crippen LogP contribution in [0.4, 0.5) is 0 Å². The number of carbonyl (C=O) groups excluding carboxylic acids is 1. The van der Waals surface area contributed by atoms with Crippen molar-refractivity contribution < 1.29 is 14.6 Å². The largest absolute Gasteiger partial charge is 0.393 e. The highest BCUT2D eigenvalue weighted by Crippen LogP contribution is 2.35. The van der Waals surface area contributed by atoms with Gasteiger partial charge < -0.3 is 14.7 Å². The smallest absolute Gasteiger partial charge is 0.248 e. The van der Waals surface area contributed by atoms with Crippen molar-refractivity contribution >= 4 is 5.91 Å². The Morgan fingerprint density at radius 3 is 2.82 bits per heavy atom. The summed E-state index contributed by atoms with van der Waals surface area (Å²) in [7, 11) is 0. The maximum atomic E-state index is 12.0. The third kappa shape index (κ3) is 2.80. The summed E-state index contributed by atoms with van der Waals surface area (Å²) >= 11 is 0. The lowest BCUT2D eigenvalue weighted by molar-refractivity contribution is -0.138. The van der Waals surface area contributed by atoms with E-state index in [1.807, 2.05) is 11.8 Å². The van der Waals surface area contributed by atoms with Crippen molar-refractivity contribution in [2.24, 2.45) is 5.92 Å². The zero-order valence-electron chi connectivity index (χ0n) is 10.6. The predicted octanol–water partition coefficient (Wildman–Crippen LogP) is 1.17. The molecule has 0 aromatic rings. The van der Waals surface area contributed by atoms with Gasteiger partial charge in [0.25, 0.3) is 0 Å². The van der Waals surface area contributed by atoms with E-state index in [0.717, 1.165) is 38.6 Å². The highest BCUT2D eigenvalue weighted by atomic mass is 16.5. The summed E-state index contributed by atoms with van der Waals surface area (Å²) in [5, 5.41) is 9.96. The van der Waals surface area contributed by atoms with Gasteiger partial charge >= 0.3 is 0 Å². The average Bonchev–Trinajstić information content (AvgIpc) is 2.93. The predicted molar refractivity (Wildman–Crippen MR) is 64.6 cm³/mol.